The summed E-state index contributed by atoms with van der Waals surface area (Å²) >= 11 is 0. The molecule has 158 valence electrons. The van der Waals surface area contributed by atoms with Gasteiger partial charge in [-0.05, 0) is 29.7 Å². The number of likely N-dealkylation sites (tertiary alicyclic amines) is 1. The topological polar surface area (TPSA) is 76.8 Å². The molecule has 2 aromatic carbocycles. The maximum Gasteiger partial charge on any atom is 0.234 e. The lowest BCUT2D eigenvalue weighted by atomic mass is 9.95. The van der Waals surface area contributed by atoms with Gasteiger partial charge < -0.3 is 20.5 Å². The lowest BCUT2D eigenvalue weighted by Crippen LogP contribution is -2.38. The van der Waals surface area contributed by atoms with Crippen molar-refractivity contribution in [3.63, 3.8) is 0 Å². The molecule has 2 atom stereocenters. The van der Waals surface area contributed by atoms with Gasteiger partial charge in [0.25, 0.3) is 0 Å². The molecule has 0 aromatic heterocycles. The quantitative estimate of drug-likeness (QED) is 0.686. The largest absolute Gasteiger partial charge is 0.493 e. The molecule has 1 saturated heterocycles. The third-order valence-electron chi connectivity index (χ3n) is 5.22. The Labute approximate surface area is 178 Å². The second kappa shape index (κ2) is 11.0. The molecule has 2 aromatic rings. The van der Waals surface area contributed by atoms with Gasteiger partial charge >= 0.3 is 0 Å². The summed E-state index contributed by atoms with van der Waals surface area (Å²) in [5, 5.41) is 3.00. The van der Waals surface area contributed by atoms with Crippen LogP contribution in [0.1, 0.15) is 17.0 Å². The Balaban J connectivity index is 0.00000300. The fraction of sp³-hybridized carbons (Fsp3) is 0.409. The number of nitrogens with one attached hydrogen (secondary N) is 1. The van der Waals surface area contributed by atoms with Crippen LogP contribution in [0, 0.1) is 0 Å². The lowest BCUT2D eigenvalue weighted by Gasteiger charge is -2.16. The Morgan fingerprint density at radius 2 is 1.83 bits per heavy atom. The number of methoxy groups -OCH3 is 2. The van der Waals surface area contributed by atoms with Crippen LogP contribution in [0.2, 0.25) is 0 Å². The number of rotatable bonds is 8. The minimum Gasteiger partial charge on any atom is -0.493 e. The van der Waals surface area contributed by atoms with E-state index in [9.17, 15) is 4.79 Å². The molecule has 0 saturated carbocycles. The van der Waals surface area contributed by atoms with E-state index in [1.807, 2.05) is 36.4 Å². The van der Waals surface area contributed by atoms with Crippen molar-refractivity contribution in [2.45, 2.75) is 18.4 Å². The van der Waals surface area contributed by atoms with Gasteiger partial charge in [-0.2, -0.15) is 0 Å². The number of carbonyl (C=O) groups excluding carboxylic acids is 1. The number of hydrogen-bond donors (Lipinski definition) is 2. The second-order valence-electron chi connectivity index (χ2n) is 7.16. The molecule has 7 heteroatoms. The predicted molar refractivity (Wildman–Crippen MR) is 117 cm³/mol. The van der Waals surface area contributed by atoms with E-state index in [-0.39, 0.29) is 30.3 Å². The molecule has 1 heterocycles. The monoisotopic (exact) mass is 419 g/mol. The van der Waals surface area contributed by atoms with Crippen LogP contribution in [-0.4, -0.2) is 57.2 Å². The molecule has 29 heavy (non-hydrogen) atoms. The van der Waals surface area contributed by atoms with Crippen molar-refractivity contribution < 1.29 is 14.3 Å². The molecule has 1 amide bonds. The van der Waals surface area contributed by atoms with Crippen LogP contribution in [0.15, 0.2) is 48.5 Å². The summed E-state index contributed by atoms with van der Waals surface area (Å²) in [6.45, 7) is 2.51. The van der Waals surface area contributed by atoms with E-state index in [1.165, 1.54) is 5.56 Å². The van der Waals surface area contributed by atoms with Gasteiger partial charge in [0, 0.05) is 31.6 Å². The number of nitrogens with two attached hydrogens (primary N) is 1. The second-order valence-corrected chi connectivity index (χ2v) is 7.16. The van der Waals surface area contributed by atoms with Gasteiger partial charge in [-0.25, -0.2) is 0 Å². The minimum absolute atomic E-state index is 0. The van der Waals surface area contributed by atoms with Crippen molar-refractivity contribution in [3.8, 4) is 11.5 Å². The average Bonchev–Trinajstić information content (AvgIpc) is 3.08. The van der Waals surface area contributed by atoms with E-state index < -0.39 is 0 Å². The summed E-state index contributed by atoms with van der Waals surface area (Å²) < 4.78 is 10.6. The first kappa shape index (κ1) is 23.0. The number of amides is 1. The third kappa shape index (κ3) is 6.10. The summed E-state index contributed by atoms with van der Waals surface area (Å²) in [5.41, 5.74) is 8.64. The van der Waals surface area contributed by atoms with Gasteiger partial charge in [0.1, 0.15) is 0 Å². The van der Waals surface area contributed by atoms with E-state index in [0.29, 0.717) is 24.6 Å². The number of benzene rings is 2. The van der Waals surface area contributed by atoms with Gasteiger partial charge in [-0.3, -0.25) is 9.69 Å². The molecule has 6 nitrogen and oxygen atoms in total. The summed E-state index contributed by atoms with van der Waals surface area (Å²) in [5.74, 6) is 1.71. The first-order chi connectivity index (χ1) is 13.6. The first-order valence-electron chi connectivity index (χ1n) is 9.61. The van der Waals surface area contributed by atoms with Crippen molar-refractivity contribution in [2.24, 2.45) is 5.73 Å². The van der Waals surface area contributed by atoms with Crippen molar-refractivity contribution in [1.29, 1.82) is 0 Å². The maximum atomic E-state index is 12.3. The molecule has 1 aliphatic heterocycles. The van der Waals surface area contributed by atoms with Gasteiger partial charge in [0.15, 0.2) is 11.5 Å². The van der Waals surface area contributed by atoms with Crippen molar-refractivity contribution in [1.82, 2.24) is 10.2 Å². The molecular formula is C22H30ClN3O3. The smallest absolute Gasteiger partial charge is 0.234 e. The number of ether oxygens (including phenoxy) is 2. The van der Waals surface area contributed by atoms with Gasteiger partial charge in [-0.1, -0.05) is 36.4 Å². The van der Waals surface area contributed by atoms with Gasteiger partial charge in [0.2, 0.25) is 5.91 Å². The van der Waals surface area contributed by atoms with Crippen LogP contribution < -0.4 is 20.5 Å². The van der Waals surface area contributed by atoms with Crippen LogP contribution in [0.4, 0.5) is 0 Å². The molecule has 0 bridgehead atoms. The zero-order valence-corrected chi connectivity index (χ0v) is 17.8. The SMILES string of the molecule is COc1ccc(CCNC(=O)CN2C[C@@H](N)[C@H](c3ccccc3)C2)cc1OC.Cl. The van der Waals surface area contributed by atoms with E-state index >= 15 is 0 Å². The Hall–Kier alpha value is -2.28. The molecule has 1 fully saturated rings. The highest BCUT2D eigenvalue weighted by atomic mass is 35.5. The minimum atomic E-state index is 0. The maximum absolute atomic E-state index is 12.3. The molecular weight excluding hydrogens is 390 g/mol. The summed E-state index contributed by atoms with van der Waals surface area (Å²) in [6.07, 6.45) is 0.734. The fourth-order valence-electron chi connectivity index (χ4n) is 3.74. The number of hydrogen-bond acceptors (Lipinski definition) is 5. The lowest BCUT2D eigenvalue weighted by molar-refractivity contribution is -0.122. The highest BCUT2D eigenvalue weighted by Crippen LogP contribution is 2.28. The van der Waals surface area contributed by atoms with E-state index in [2.05, 4.69) is 22.3 Å². The van der Waals surface area contributed by atoms with Crippen LogP contribution >= 0.6 is 12.4 Å². The first-order valence-corrected chi connectivity index (χ1v) is 9.61. The third-order valence-corrected chi connectivity index (χ3v) is 5.22. The standard InChI is InChI=1S/C22H29N3O3.ClH/c1-27-20-9-8-16(12-21(20)28-2)10-11-24-22(26)15-25-13-18(19(23)14-25)17-6-4-3-5-7-17;/h3-9,12,18-19H,10-11,13-15,23H2,1-2H3,(H,24,26);1H/t18-,19+;/m0./s1. The van der Waals surface area contributed by atoms with E-state index in [0.717, 1.165) is 25.1 Å². The zero-order valence-electron chi connectivity index (χ0n) is 17.0. The molecule has 0 unspecified atom stereocenters. The number of halogens is 1. The zero-order chi connectivity index (χ0) is 19.9. The van der Waals surface area contributed by atoms with Crippen molar-refractivity contribution in [3.05, 3.63) is 59.7 Å². The van der Waals surface area contributed by atoms with Gasteiger partial charge in [-0.15, -0.1) is 12.4 Å². The van der Waals surface area contributed by atoms with Crippen LogP contribution in [0.3, 0.4) is 0 Å². The molecule has 0 aliphatic carbocycles. The number of carbonyl (C=O) groups is 1. The Morgan fingerprint density at radius 1 is 1.10 bits per heavy atom. The van der Waals surface area contributed by atoms with Gasteiger partial charge in [0.05, 0.1) is 20.8 Å². The van der Waals surface area contributed by atoms with E-state index in [1.54, 1.807) is 14.2 Å². The van der Waals surface area contributed by atoms with Crippen molar-refractivity contribution in [2.75, 3.05) is 40.4 Å². The van der Waals surface area contributed by atoms with Crippen LogP contribution in [0.25, 0.3) is 0 Å². The van der Waals surface area contributed by atoms with Crippen LogP contribution in [-0.2, 0) is 11.2 Å². The Kier molecular flexibility index (Phi) is 8.76. The Morgan fingerprint density at radius 3 is 2.52 bits per heavy atom. The van der Waals surface area contributed by atoms with E-state index in [4.69, 9.17) is 15.2 Å². The molecule has 0 spiro atoms. The normalized spacial score (nSPS) is 18.7. The average molecular weight is 420 g/mol. The van der Waals surface area contributed by atoms with Crippen molar-refractivity contribution >= 4 is 18.3 Å². The molecule has 3 N–H and O–H groups in total. The highest BCUT2D eigenvalue weighted by Gasteiger charge is 2.31. The Bertz CT molecular complexity index is 788. The molecule has 3 rings (SSSR count). The summed E-state index contributed by atoms with van der Waals surface area (Å²) in [7, 11) is 3.23. The highest BCUT2D eigenvalue weighted by molar-refractivity contribution is 5.85. The summed E-state index contributed by atoms with van der Waals surface area (Å²) in [4.78, 5) is 14.5. The fourth-order valence-corrected chi connectivity index (χ4v) is 3.74. The predicted octanol–water partition coefficient (Wildman–Crippen LogP) is 2.21. The molecule has 1 aliphatic rings. The molecule has 0 radical (unpaired) electrons. The van der Waals surface area contributed by atoms with Crippen LogP contribution in [0.5, 0.6) is 11.5 Å². The number of nitrogens with zero attached hydrogens (tertiary/aromatic N) is 1. The summed E-state index contributed by atoms with van der Waals surface area (Å²) in [6, 6.07) is 16.2.